The number of halogens is 2. The molecule has 146 valence electrons. The van der Waals surface area contributed by atoms with Gasteiger partial charge in [-0.3, -0.25) is 9.78 Å². The van der Waals surface area contributed by atoms with E-state index < -0.39 is 17.7 Å². The summed E-state index contributed by atoms with van der Waals surface area (Å²) in [7, 11) is 0. The van der Waals surface area contributed by atoms with Gasteiger partial charge < -0.3 is 15.0 Å². The van der Waals surface area contributed by atoms with E-state index in [-0.39, 0.29) is 18.5 Å². The van der Waals surface area contributed by atoms with Gasteiger partial charge in [-0.1, -0.05) is 12.8 Å². The van der Waals surface area contributed by atoms with Gasteiger partial charge in [0.15, 0.2) is 0 Å². The van der Waals surface area contributed by atoms with E-state index >= 15 is 0 Å². The summed E-state index contributed by atoms with van der Waals surface area (Å²) in [5, 5.41) is 13.0. The number of amides is 1. The molecule has 1 saturated carbocycles. The number of nitrogens with zero attached hydrogens (tertiary/aromatic N) is 2. The molecule has 2 N–H and O–H groups in total. The Bertz CT molecular complexity index is 998. The topological polar surface area (TPSA) is 67.2 Å². The van der Waals surface area contributed by atoms with Crippen LogP contribution >= 0.6 is 0 Å². The van der Waals surface area contributed by atoms with Crippen molar-refractivity contribution >= 4 is 16.9 Å². The Balaban J connectivity index is 1.65. The van der Waals surface area contributed by atoms with Gasteiger partial charge in [0, 0.05) is 25.0 Å². The summed E-state index contributed by atoms with van der Waals surface area (Å²) in [4.78, 5) is 17.2. The van der Waals surface area contributed by atoms with Crippen LogP contribution in [0.25, 0.3) is 11.0 Å². The Hall–Kier alpha value is -2.80. The van der Waals surface area contributed by atoms with Gasteiger partial charge in [-0.05, 0) is 42.7 Å². The zero-order valence-corrected chi connectivity index (χ0v) is 15.2. The molecule has 1 aromatic carbocycles. The fraction of sp³-hybridized carbons (Fsp3) is 0.333. The number of hydrogen-bond acceptors (Lipinski definition) is 3. The highest BCUT2D eigenvalue weighted by Crippen LogP contribution is 2.23. The summed E-state index contributed by atoms with van der Waals surface area (Å²) < 4.78 is 28.8. The molecule has 0 spiro atoms. The third-order valence-corrected chi connectivity index (χ3v) is 5.20. The van der Waals surface area contributed by atoms with Crippen LogP contribution in [0, 0.1) is 11.6 Å². The van der Waals surface area contributed by atoms with Gasteiger partial charge in [-0.2, -0.15) is 0 Å². The van der Waals surface area contributed by atoms with E-state index in [4.69, 9.17) is 0 Å². The van der Waals surface area contributed by atoms with E-state index in [0.717, 1.165) is 25.3 Å². The molecule has 2 heterocycles. The molecule has 0 bridgehead atoms. The van der Waals surface area contributed by atoms with Crippen molar-refractivity contribution in [2.24, 2.45) is 0 Å². The molecule has 1 aliphatic carbocycles. The van der Waals surface area contributed by atoms with Crippen LogP contribution in [0.15, 0.2) is 42.7 Å². The molecule has 1 amide bonds. The summed E-state index contributed by atoms with van der Waals surface area (Å²) in [5.74, 6) is -1.60. The second-order valence-electron chi connectivity index (χ2n) is 7.25. The lowest BCUT2D eigenvalue weighted by Gasteiger charge is -2.28. The molecule has 1 aliphatic rings. The zero-order valence-electron chi connectivity index (χ0n) is 15.2. The van der Waals surface area contributed by atoms with Crippen molar-refractivity contribution in [3.63, 3.8) is 0 Å². The average Bonchev–Trinajstić information content (AvgIpc) is 3.02. The van der Waals surface area contributed by atoms with Crippen LogP contribution in [0.2, 0.25) is 0 Å². The fourth-order valence-corrected chi connectivity index (χ4v) is 3.84. The van der Waals surface area contributed by atoms with Crippen molar-refractivity contribution in [3.8, 4) is 0 Å². The Kier molecular flexibility index (Phi) is 5.09. The van der Waals surface area contributed by atoms with E-state index in [9.17, 15) is 18.7 Å². The van der Waals surface area contributed by atoms with Crippen molar-refractivity contribution in [2.45, 2.75) is 44.4 Å². The maximum atomic E-state index is 13.5. The predicted octanol–water partition coefficient (Wildman–Crippen LogP) is 3.40. The van der Waals surface area contributed by atoms with Crippen LogP contribution in [0.4, 0.5) is 8.78 Å². The second kappa shape index (κ2) is 7.67. The van der Waals surface area contributed by atoms with Gasteiger partial charge >= 0.3 is 0 Å². The number of aromatic nitrogens is 2. The lowest BCUT2D eigenvalue weighted by Crippen LogP contribution is -2.45. The van der Waals surface area contributed by atoms with Crippen molar-refractivity contribution in [1.82, 2.24) is 14.9 Å². The zero-order chi connectivity index (χ0) is 19.7. The quantitative estimate of drug-likeness (QED) is 0.723. The number of pyridine rings is 1. The van der Waals surface area contributed by atoms with Gasteiger partial charge in [-0.25, -0.2) is 8.78 Å². The molecule has 0 radical (unpaired) electrons. The summed E-state index contributed by atoms with van der Waals surface area (Å²) in [6.07, 6.45) is 6.03. The number of carbonyl (C=O) groups is 1. The number of fused-ring (bicyclic) bond motifs is 1. The highest BCUT2D eigenvalue weighted by atomic mass is 19.1. The molecular formula is C21H21F2N3O2. The first-order valence-corrected chi connectivity index (χ1v) is 9.39. The molecule has 28 heavy (non-hydrogen) atoms. The van der Waals surface area contributed by atoms with Crippen LogP contribution in [0.1, 0.15) is 41.6 Å². The van der Waals surface area contributed by atoms with Crippen LogP contribution in [-0.2, 0) is 6.54 Å². The Labute approximate surface area is 161 Å². The van der Waals surface area contributed by atoms with E-state index in [1.54, 1.807) is 23.0 Å². The van der Waals surface area contributed by atoms with Crippen molar-refractivity contribution < 1.29 is 18.7 Å². The summed E-state index contributed by atoms with van der Waals surface area (Å²) in [6, 6.07) is 6.64. The molecule has 5 nitrogen and oxygen atoms in total. The number of aliphatic hydroxyl groups excluding tert-OH is 1. The van der Waals surface area contributed by atoms with Crippen LogP contribution in [0.3, 0.4) is 0 Å². The number of carbonyl (C=O) groups excluding carboxylic acids is 1. The third-order valence-electron chi connectivity index (χ3n) is 5.20. The number of nitrogens with one attached hydrogen (secondary N) is 1. The van der Waals surface area contributed by atoms with E-state index in [1.165, 1.54) is 12.1 Å². The average molecular weight is 385 g/mol. The SMILES string of the molecule is O=C(N[C@H]1CCCC[C@@H]1O)c1cn(Cc2cc(F)cc(F)c2)c2cccnc12. The number of hydrogen-bond donors (Lipinski definition) is 2. The van der Waals surface area contributed by atoms with Gasteiger partial charge in [0.05, 0.1) is 23.2 Å². The largest absolute Gasteiger partial charge is 0.391 e. The summed E-state index contributed by atoms with van der Waals surface area (Å²) in [6.45, 7) is 0.205. The number of rotatable bonds is 4. The molecule has 3 aromatic rings. The molecular weight excluding hydrogens is 364 g/mol. The predicted molar refractivity (Wildman–Crippen MR) is 101 cm³/mol. The molecule has 1 fully saturated rings. The minimum atomic E-state index is -0.645. The molecule has 2 aromatic heterocycles. The summed E-state index contributed by atoms with van der Waals surface area (Å²) in [5.41, 5.74) is 2.04. The summed E-state index contributed by atoms with van der Waals surface area (Å²) >= 11 is 0. The van der Waals surface area contributed by atoms with Crippen LogP contribution in [0.5, 0.6) is 0 Å². The maximum Gasteiger partial charge on any atom is 0.255 e. The monoisotopic (exact) mass is 385 g/mol. The Morgan fingerprint density at radius 3 is 2.71 bits per heavy atom. The lowest BCUT2D eigenvalue weighted by atomic mass is 9.92. The smallest absolute Gasteiger partial charge is 0.255 e. The normalized spacial score (nSPS) is 19.7. The minimum absolute atomic E-state index is 0.205. The second-order valence-corrected chi connectivity index (χ2v) is 7.25. The molecule has 0 aliphatic heterocycles. The van der Waals surface area contributed by atoms with Crippen molar-refractivity contribution in [3.05, 3.63) is 65.5 Å². The minimum Gasteiger partial charge on any atom is -0.391 e. The fourth-order valence-electron chi connectivity index (χ4n) is 3.84. The van der Waals surface area contributed by atoms with Crippen LogP contribution < -0.4 is 5.32 Å². The van der Waals surface area contributed by atoms with Gasteiger partial charge in [0.2, 0.25) is 0 Å². The Morgan fingerprint density at radius 2 is 1.96 bits per heavy atom. The number of benzene rings is 1. The van der Waals surface area contributed by atoms with E-state index in [1.807, 2.05) is 6.07 Å². The lowest BCUT2D eigenvalue weighted by molar-refractivity contribution is 0.0718. The highest BCUT2D eigenvalue weighted by Gasteiger charge is 2.26. The number of aliphatic hydroxyl groups is 1. The van der Waals surface area contributed by atoms with E-state index in [0.29, 0.717) is 28.6 Å². The van der Waals surface area contributed by atoms with Gasteiger partial charge in [0.1, 0.15) is 17.2 Å². The molecule has 7 heteroatoms. The molecule has 4 rings (SSSR count). The van der Waals surface area contributed by atoms with Gasteiger partial charge in [-0.15, -0.1) is 0 Å². The van der Waals surface area contributed by atoms with E-state index in [2.05, 4.69) is 10.3 Å². The van der Waals surface area contributed by atoms with Gasteiger partial charge in [0.25, 0.3) is 5.91 Å². The first kappa shape index (κ1) is 18.6. The third kappa shape index (κ3) is 3.75. The Morgan fingerprint density at radius 1 is 1.21 bits per heavy atom. The standard InChI is InChI=1S/C21H21F2N3O2/c22-14-8-13(9-15(23)10-14)11-26-12-16(20-18(26)5-3-7-24-20)21(28)25-17-4-1-2-6-19(17)27/h3,5,7-10,12,17,19,27H,1-2,4,6,11H2,(H,25,28)/t17-,19-/m0/s1. The molecule has 0 saturated heterocycles. The molecule has 2 atom stereocenters. The van der Waals surface area contributed by atoms with Crippen molar-refractivity contribution in [1.29, 1.82) is 0 Å². The van der Waals surface area contributed by atoms with Crippen molar-refractivity contribution in [2.75, 3.05) is 0 Å². The first-order chi connectivity index (χ1) is 13.5. The van der Waals surface area contributed by atoms with Crippen LogP contribution in [-0.4, -0.2) is 32.7 Å². The first-order valence-electron chi connectivity index (χ1n) is 9.39. The maximum absolute atomic E-state index is 13.5. The highest BCUT2D eigenvalue weighted by molar-refractivity contribution is 6.05. The molecule has 0 unspecified atom stereocenters.